The molecule has 3 rings (SSSR count). The SMILES string of the molecule is Cc1ccc(-c2nc(NC(=O)CCC3CCNC3)sc2C)cc1.Cl. The van der Waals surface area contributed by atoms with Gasteiger partial charge in [0.15, 0.2) is 5.13 Å². The summed E-state index contributed by atoms with van der Waals surface area (Å²) in [5.41, 5.74) is 3.30. The number of rotatable bonds is 5. The van der Waals surface area contributed by atoms with E-state index in [1.165, 1.54) is 12.0 Å². The van der Waals surface area contributed by atoms with Gasteiger partial charge in [0, 0.05) is 16.9 Å². The predicted octanol–water partition coefficient (Wildman–Crippen LogP) is 4.18. The first-order chi connectivity index (χ1) is 11.1. The Labute approximate surface area is 153 Å². The Morgan fingerprint density at radius 2 is 2.08 bits per heavy atom. The highest BCUT2D eigenvalue weighted by molar-refractivity contribution is 7.16. The van der Waals surface area contributed by atoms with E-state index in [0.29, 0.717) is 17.5 Å². The Balaban J connectivity index is 0.00000208. The lowest BCUT2D eigenvalue weighted by Crippen LogP contribution is -2.14. The van der Waals surface area contributed by atoms with Gasteiger partial charge >= 0.3 is 0 Å². The number of nitrogens with zero attached hydrogens (tertiary/aromatic N) is 1. The molecule has 0 saturated carbocycles. The van der Waals surface area contributed by atoms with Crippen LogP contribution in [0.5, 0.6) is 0 Å². The first-order valence-corrected chi connectivity index (χ1v) is 8.98. The molecule has 1 saturated heterocycles. The third-order valence-corrected chi connectivity index (χ3v) is 5.20. The number of carbonyl (C=O) groups excluding carboxylic acids is 1. The fourth-order valence-corrected chi connectivity index (χ4v) is 3.76. The lowest BCUT2D eigenvalue weighted by molar-refractivity contribution is -0.116. The van der Waals surface area contributed by atoms with Gasteiger partial charge in [-0.05, 0) is 45.7 Å². The zero-order valence-corrected chi connectivity index (χ0v) is 15.7. The number of anilines is 1. The van der Waals surface area contributed by atoms with Gasteiger partial charge in [0.25, 0.3) is 0 Å². The molecule has 2 N–H and O–H groups in total. The average Bonchev–Trinajstić information content (AvgIpc) is 3.16. The minimum atomic E-state index is 0. The van der Waals surface area contributed by atoms with Crippen molar-refractivity contribution in [2.24, 2.45) is 5.92 Å². The van der Waals surface area contributed by atoms with Gasteiger partial charge in [0.1, 0.15) is 0 Å². The Bertz CT molecular complexity index is 678. The topological polar surface area (TPSA) is 54.0 Å². The normalized spacial score (nSPS) is 16.7. The van der Waals surface area contributed by atoms with Crippen molar-refractivity contribution in [2.75, 3.05) is 18.4 Å². The van der Waals surface area contributed by atoms with E-state index in [1.54, 1.807) is 11.3 Å². The van der Waals surface area contributed by atoms with Crippen molar-refractivity contribution in [3.05, 3.63) is 34.7 Å². The maximum Gasteiger partial charge on any atom is 0.226 e. The second-order valence-electron chi connectivity index (χ2n) is 6.24. The van der Waals surface area contributed by atoms with E-state index < -0.39 is 0 Å². The van der Waals surface area contributed by atoms with Crippen molar-refractivity contribution >= 4 is 34.8 Å². The minimum Gasteiger partial charge on any atom is -0.316 e. The van der Waals surface area contributed by atoms with E-state index in [-0.39, 0.29) is 18.3 Å². The van der Waals surface area contributed by atoms with Crippen molar-refractivity contribution in [1.29, 1.82) is 0 Å². The molecular formula is C18H24ClN3OS. The maximum absolute atomic E-state index is 12.1. The third-order valence-electron chi connectivity index (χ3n) is 4.31. The van der Waals surface area contributed by atoms with E-state index in [9.17, 15) is 4.79 Å². The minimum absolute atomic E-state index is 0. The van der Waals surface area contributed by atoms with Gasteiger partial charge in [-0.25, -0.2) is 4.98 Å². The molecule has 130 valence electrons. The van der Waals surface area contributed by atoms with E-state index in [1.807, 2.05) is 6.92 Å². The van der Waals surface area contributed by atoms with Crippen molar-refractivity contribution in [3.8, 4) is 11.3 Å². The molecule has 24 heavy (non-hydrogen) atoms. The summed E-state index contributed by atoms with van der Waals surface area (Å²) in [6, 6.07) is 8.33. The summed E-state index contributed by atoms with van der Waals surface area (Å²) in [6.45, 7) is 6.25. The molecule has 1 aromatic carbocycles. The van der Waals surface area contributed by atoms with Gasteiger partial charge in [0.05, 0.1) is 5.69 Å². The lowest BCUT2D eigenvalue weighted by atomic mass is 10.0. The second-order valence-corrected chi connectivity index (χ2v) is 7.44. The van der Waals surface area contributed by atoms with Crippen LogP contribution in [0, 0.1) is 19.8 Å². The summed E-state index contributed by atoms with van der Waals surface area (Å²) in [5, 5.41) is 6.99. The van der Waals surface area contributed by atoms with Gasteiger partial charge in [-0.15, -0.1) is 23.7 Å². The van der Waals surface area contributed by atoms with Crippen LogP contribution >= 0.6 is 23.7 Å². The fraction of sp³-hybridized carbons (Fsp3) is 0.444. The Morgan fingerprint density at radius 1 is 1.33 bits per heavy atom. The number of halogens is 1. The zero-order valence-electron chi connectivity index (χ0n) is 14.1. The molecule has 1 aliphatic rings. The lowest BCUT2D eigenvalue weighted by Gasteiger charge is -2.07. The van der Waals surface area contributed by atoms with Crippen LogP contribution in [-0.2, 0) is 4.79 Å². The highest BCUT2D eigenvalue weighted by atomic mass is 35.5. The molecule has 1 unspecified atom stereocenters. The van der Waals surface area contributed by atoms with Gasteiger partial charge in [-0.1, -0.05) is 29.8 Å². The van der Waals surface area contributed by atoms with E-state index >= 15 is 0 Å². The maximum atomic E-state index is 12.1. The van der Waals surface area contributed by atoms with E-state index in [4.69, 9.17) is 0 Å². The molecule has 2 aromatic rings. The number of hydrogen-bond acceptors (Lipinski definition) is 4. The average molecular weight is 366 g/mol. The molecule has 6 heteroatoms. The summed E-state index contributed by atoms with van der Waals surface area (Å²) in [4.78, 5) is 17.8. The Hall–Kier alpha value is -1.43. The van der Waals surface area contributed by atoms with E-state index in [2.05, 4.69) is 46.8 Å². The summed E-state index contributed by atoms with van der Waals surface area (Å²) >= 11 is 1.54. The van der Waals surface area contributed by atoms with Crippen molar-refractivity contribution in [3.63, 3.8) is 0 Å². The molecule has 0 bridgehead atoms. The van der Waals surface area contributed by atoms with Crippen molar-refractivity contribution in [2.45, 2.75) is 33.1 Å². The molecule has 1 aromatic heterocycles. The number of thiazole rings is 1. The smallest absolute Gasteiger partial charge is 0.226 e. The number of amides is 1. The van der Waals surface area contributed by atoms with Crippen LogP contribution < -0.4 is 10.6 Å². The standard InChI is InChI=1S/C18H23N3OS.ClH/c1-12-3-6-15(7-4-12)17-13(2)23-18(21-17)20-16(22)8-5-14-9-10-19-11-14;/h3-4,6-7,14,19H,5,8-11H2,1-2H3,(H,20,21,22);1H. The number of aromatic nitrogens is 1. The summed E-state index contributed by atoms with van der Waals surface area (Å²) in [5.74, 6) is 0.711. The van der Waals surface area contributed by atoms with Gasteiger partial charge in [0.2, 0.25) is 5.91 Å². The predicted molar refractivity (Wildman–Crippen MR) is 103 cm³/mol. The van der Waals surface area contributed by atoms with Crippen LogP contribution in [0.25, 0.3) is 11.3 Å². The quantitative estimate of drug-likeness (QED) is 0.835. The van der Waals surface area contributed by atoms with Crippen LogP contribution in [-0.4, -0.2) is 24.0 Å². The van der Waals surface area contributed by atoms with Crippen molar-refractivity contribution < 1.29 is 4.79 Å². The first-order valence-electron chi connectivity index (χ1n) is 8.17. The largest absolute Gasteiger partial charge is 0.316 e. The fourth-order valence-electron chi connectivity index (χ4n) is 2.91. The van der Waals surface area contributed by atoms with Crippen molar-refractivity contribution in [1.82, 2.24) is 10.3 Å². The molecule has 0 radical (unpaired) electrons. The number of hydrogen-bond donors (Lipinski definition) is 2. The summed E-state index contributed by atoms with van der Waals surface area (Å²) < 4.78 is 0. The second kappa shape index (κ2) is 8.60. The van der Waals surface area contributed by atoms with Crippen LogP contribution in [0.3, 0.4) is 0 Å². The molecule has 2 heterocycles. The number of benzene rings is 1. The van der Waals surface area contributed by atoms with E-state index in [0.717, 1.165) is 35.6 Å². The monoisotopic (exact) mass is 365 g/mol. The van der Waals surface area contributed by atoms with Crippen LogP contribution in [0.2, 0.25) is 0 Å². The van der Waals surface area contributed by atoms with Gasteiger partial charge in [-0.3, -0.25) is 4.79 Å². The zero-order chi connectivity index (χ0) is 16.2. The van der Waals surface area contributed by atoms with Crippen LogP contribution in [0.1, 0.15) is 29.7 Å². The molecule has 0 spiro atoms. The first kappa shape index (κ1) is 18.9. The highest BCUT2D eigenvalue weighted by Crippen LogP contribution is 2.30. The number of nitrogens with one attached hydrogen (secondary N) is 2. The van der Waals surface area contributed by atoms with Crippen LogP contribution in [0.15, 0.2) is 24.3 Å². The molecular weight excluding hydrogens is 342 g/mol. The van der Waals surface area contributed by atoms with Crippen LogP contribution in [0.4, 0.5) is 5.13 Å². The molecule has 1 atom stereocenters. The number of aryl methyl sites for hydroxylation is 2. The number of carbonyl (C=O) groups is 1. The molecule has 1 aliphatic heterocycles. The molecule has 1 amide bonds. The molecule has 0 aliphatic carbocycles. The summed E-state index contributed by atoms with van der Waals surface area (Å²) in [7, 11) is 0. The summed E-state index contributed by atoms with van der Waals surface area (Å²) in [6.07, 6.45) is 2.71. The molecule has 1 fully saturated rings. The highest BCUT2D eigenvalue weighted by Gasteiger charge is 2.17. The molecule has 4 nitrogen and oxygen atoms in total. The Kier molecular flexibility index (Phi) is 6.78. The Morgan fingerprint density at radius 3 is 2.75 bits per heavy atom. The third kappa shape index (κ3) is 4.79. The van der Waals surface area contributed by atoms with Gasteiger partial charge < -0.3 is 10.6 Å². The van der Waals surface area contributed by atoms with Gasteiger partial charge in [-0.2, -0.15) is 0 Å².